The van der Waals surface area contributed by atoms with Gasteiger partial charge in [0.15, 0.2) is 0 Å². The molecule has 0 amide bonds. The van der Waals surface area contributed by atoms with Gasteiger partial charge in [0.25, 0.3) is 0 Å². The van der Waals surface area contributed by atoms with Crippen molar-refractivity contribution in [2.45, 2.75) is 133 Å². The highest BCUT2D eigenvalue weighted by molar-refractivity contribution is 5.82. The van der Waals surface area contributed by atoms with Gasteiger partial charge >= 0.3 is 0 Å². The number of phenolic OH excluding ortho intramolecular Hbond substituents is 6. The van der Waals surface area contributed by atoms with E-state index >= 15 is 0 Å². The zero-order valence-electron chi connectivity index (χ0n) is 53.6. The fourth-order valence-corrected chi connectivity index (χ4v) is 8.03. The molecule has 10 rings (SSSR count). The molecule has 0 aliphatic carbocycles. The van der Waals surface area contributed by atoms with Gasteiger partial charge in [-0.25, -0.2) is 0 Å². The standard InChI is InChI=1S/3C15H16O2.2C10H8.2C3H8.2C2H6.2CH4O.CH4/c3*1-15(2,11-3-7-13(16)8-4-11)12-5-9-14(17)10-6-12;2*1-2-6-10-8-4-3-7-9(10)5-1;2*1-3-2;4*1-2;/h3*3-10,16-17H,1-2H3;2*1-8H;2*3H2,1-2H3;2*1-2H3;2*2H,1H3;1H4. The molecule has 8 heteroatoms. The summed E-state index contributed by atoms with van der Waals surface area (Å²) in [4.78, 5) is 0. The quantitative estimate of drug-likeness (QED) is 0.0816. The first-order chi connectivity index (χ1) is 40.8. The number of aliphatic hydroxyl groups excluding tert-OH is 2. The molecule has 0 heterocycles. The van der Waals surface area contributed by atoms with Gasteiger partial charge < -0.3 is 40.9 Å². The minimum atomic E-state index is -0.151. The summed E-state index contributed by atoms with van der Waals surface area (Å²) < 4.78 is 0. The van der Waals surface area contributed by atoms with E-state index in [1.807, 2.05) is 100 Å². The number of phenols is 6. The topological polar surface area (TPSA) is 162 Å². The van der Waals surface area contributed by atoms with Crippen molar-refractivity contribution < 1.29 is 40.9 Å². The van der Waals surface area contributed by atoms with Crippen LogP contribution in [0.2, 0.25) is 0 Å². The molecule has 0 bridgehead atoms. The lowest BCUT2D eigenvalue weighted by molar-refractivity contribution is 0.399. The largest absolute Gasteiger partial charge is 0.508 e. The third-order valence-corrected chi connectivity index (χ3v) is 12.9. The molecule has 0 spiro atoms. The van der Waals surface area contributed by atoms with E-state index in [-0.39, 0.29) is 58.2 Å². The summed E-state index contributed by atoms with van der Waals surface area (Å²) in [6.45, 7) is 29.2. The maximum atomic E-state index is 9.30. The molecule has 0 radical (unpaired) electrons. The molecule has 10 aromatic carbocycles. The first-order valence-corrected chi connectivity index (χ1v) is 29.3. The molecule has 0 aromatic heterocycles. The van der Waals surface area contributed by atoms with Crippen molar-refractivity contribution in [3.63, 3.8) is 0 Å². The lowest BCUT2D eigenvalue weighted by Gasteiger charge is -2.26. The van der Waals surface area contributed by atoms with Crippen molar-refractivity contribution in [2.24, 2.45) is 0 Å². The summed E-state index contributed by atoms with van der Waals surface area (Å²) in [6.07, 6.45) is 2.50. The van der Waals surface area contributed by atoms with Gasteiger partial charge in [0.2, 0.25) is 0 Å². The summed E-state index contributed by atoms with van der Waals surface area (Å²) in [6, 6.07) is 76.8. The van der Waals surface area contributed by atoms with Crippen LogP contribution in [-0.2, 0) is 16.2 Å². The number of rotatable bonds is 6. The third kappa shape index (κ3) is 27.4. The van der Waals surface area contributed by atoms with Crippen LogP contribution in [0.25, 0.3) is 21.5 Å². The molecule has 0 saturated carbocycles. The smallest absolute Gasteiger partial charge is 0.115 e. The lowest BCUT2D eigenvalue weighted by Crippen LogP contribution is -2.18. The number of hydrogen-bond donors (Lipinski definition) is 8. The number of aliphatic hydroxyl groups is 2. The second-order valence-corrected chi connectivity index (χ2v) is 20.3. The summed E-state index contributed by atoms with van der Waals surface area (Å²) in [5.41, 5.74) is 6.30. The number of fused-ring (bicyclic) bond motifs is 2. The van der Waals surface area contributed by atoms with E-state index in [4.69, 9.17) is 10.2 Å². The van der Waals surface area contributed by atoms with Crippen LogP contribution in [0.15, 0.2) is 243 Å². The Bertz CT molecular complexity index is 2640. The Balaban J connectivity index is 0. The summed E-state index contributed by atoms with van der Waals surface area (Å²) >= 11 is 0. The molecule has 464 valence electrons. The molecule has 86 heavy (non-hydrogen) atoms. The van der Waals surface area contributed by atoms with Crippen LogP contribution in [-0.4, -0.2) is 55.1 Å². The van der Waals surface area contributed by atoms with Crippen LogP contribution < -0.4 is 0 Å². The molecule has 0 saturated heterocycles. The Morgan fingerprint density at radius 2 is 0.314 bits per heavy atom. The first kappa shape index (κ1) is 79.5. The number of aromatic hydroxyl groups is 6. The van der Waals surface area contributed by atoms with Gasteiger partial charge in [-0.2, -0.15) is 0 Å². The van der Waals surface area contributed by atoms with Crippen molar-refractivity contribution in [1.82, 2.24) is 0 Å². The molecule has 0 fully saturated rings. The van der Waals surface area contributed by atoms with Gasteiger partial charge in [0.05, 0.1) is 0 Å². The summed E-state index contributed by atoms with van der Waals surface area (Å²) in [7, 11) is 2.00. The minimum Gasteiger partial charge on any atom is -0.508 e. The van der Waals surface area contributed by atoms with Crippen molar-refractivity contribution in [1.29, 1.82) is 0 Å². The van der Waals surface area contributed by atoms with Gasteiger partial charge in [0.1, 0.15) is 34.5 Å². The molecule has 0 aliphatic heterocycles. The Labute approximate surface area is 518 Å². The summed E-state index contributed by atoms with van der Waals surface area (Å²) in [5, 5.41) is 75.0. The zero-order chi connectivity index (χ0) is 64.4. The highest BCUT2D eigenvalue weighted by Crippen LogP contribution is 2.35. The zero-order valence-corrected chi connectivity index (χ0v) is 53.6. The average molecular weight is 1170 g/mol. The second kappa shape index (κ2) is 44.0. The van der Waals surface area contributed by atoms with E-state index in [1.54, 1.807) is 72.8 Å². The van der Waals surface area contributed by atoms with E-state index in [0.717, 1.165) is 47.6 Å². The Morgan fingerprint density at radius 3 is 0.407 bits per heavy atom. The molecule has 0 aliphatic rings. The van der Waals surface area contributed by atoms with Crippen LogP contribution in [0, 0.1) is 0 Å². The monoisotopic (exact) mass is 1170 g/mol. The van der Waals surface area contributed by atoms with E-state index < -0.39 is 0 Å². The predicted molar refractivity (Wildman–Crippen MR) is 371 cm³/mol. The van der Waals surface area contributed by atoms with E-state index in [2.05, 4.69) is 166 Å². The van der Waals surface area contributed by atoms with Crippen LogP contribution in [0.3, 0.4) is 0 Å². The van der Waals surface area contributed by atoms with Gasteiger partial charge in [-0.05, 0) is 128 Å². The minimum absolute atomic E-state index is 0. The highest BCUT2D eigenvalue weighted by atomic mass is 16.3. The van der Waals surface area contributed by atoms with Crippen molar-refractivity contribution in [3.8, 4) is 34.5 Å². The van der Waals surface area contributed by atoms with E-state index in [9.17, 15) is 30.6 Å². The fraction of sp³-hybridized carbons (Fsp3) is 0.282. The first-order valence-electron chi connectivity index (χ1n) is 29.3. The van der Waals surface area contributed by atoms with Gasteiger partial charge in [-0.3, -0.25) is 0 Å². The van der Waals surface area contributed by atoms with Crippen LogP contribution in [0.5, 0.6) is 34.5 Å². The maximum Gasteiger partial charge on any atom is 0.115 e. The van der Waals surface area contributed by atoms with E-state index in [0.29, 0.717) is 0 Å². The Hall–Kier alpha value is -8.56. The lowest BCUT2D eigenvalue weighted by atomic mass is 9.78. The van der Waals surface area contributed by atoms with Crippen LogP contribution in [0.1, 0.15) is 151 Å². The molecule has 10 aromatic rings. The Kier molecular flexibility index (Phi) is 40.7. The average Bonchev–Trinajstić information content (AvgIpc) is 1.52. The molecule has 8 nitrogen and oxygen atoms in total. The molecular weight excluding hydrogens is 1060 g/mol. The highest BCUT2D eigenvalue weighted by Gasteiger charge is 2.25. The molecule has 0 unspecified atom stereocenters. The molecule has 0 atom stereocenters. The van der Waals surface area contributed by atoms with Crippen molar-refractivity contribution in [3.05, 3.63) is 276 Å². The van der Waals surface area contributed by atoms with Gasteiger partial charge in [-0.1, -0.05) is 287 Å². The van der Waals surface area contributed by atoms with Crippen LogP contribution in [0.4, 0.5) is 0 Å². The van der Waals surface area contributed by atoms with Gasteiger partial charge in [-0.15, -0.1) is 0 Å². The number of benzene rings is 10. The van der Waals surface area contributed by atoms with Crippen molar-refractivity contribution >= 4 is 21.5 Å². The molecule has 8 N–H and O–H groups in total. The SMILES string of the molecule is C.CC.CC.CC(C)(c1ccc(O)cc1)c1ccc(O)cc1.CC(C)(c1ccc(O)cc1)c1ccc(O)cc1.CC(C)(c1ccc(O)cc1)c1ccc(O)cc1.CCC.CCC.CO.CO.c1ccc2ccccc2c1.c1ccc2ccccc2c1. The van der Waals surface area contributed by atoms with Gasteiger partial charge in [0, 0.05) is 30.5 Å². The summed E-state index contributed by atoms with van der Waals surface area (Å²) in [5.74, 6) is 1.64. The predicted octanol–water partition coefficient (Wildman–Crippen LogP) is 20.7. The maximum absolute atomic E-state index is 9.30. The second-order valence-electron chi connectivity index (χ2n) is 20.3. The Morgan fingerprint density at radius 1 is 0.221 bits per heavy atom. The third-order valence-electron chi connectivity index (χ3n) is 12.9. The fourth-order valence-electron chi connectivity index (χ4n) is 8.03. The normalized spacial score (nSPS) is 9.79. The van der Waals surface area contributed by atoms with E-state index in [1.165, 1.54) is 34.4 Å². The van der Waals surface area contributed by atoms with Crippen molar-refractivity contribution in [2.75, 3.05) is 14.2 Å². The van der Waals surface area contributed by atoms with Crippen LogP contribution >= 0.6 is 0 Å². The molecular formula is C78H104O8. The number of hydrogen-bond acceptors (Lipinski definition) is 8.